The van der Waals surface area contributed by atoms with Gasteiger partial charge in [-0.1, -0.05) is 0 Å². The zero-order valence-electron chi connectivity index (χ0n) is 7.34. The van der Waals surface area contributed by atoms with Gasteiger partial charge in [-0.2, -0.15) is 0 Å². The number of rotatable bonds is 4. The van der Waals surface area contributed by atoms with E-state index in [-0.39, 0.29) is 5.78 Å². The molecule has 1 aliphatic heterocycles. The SMILES string of the molecule is COCCC(=O)C1=CCCCO1. The van der Waals surface area contributed by atoms with Gasteiger partial charge in [0.1, 0.15) is 0 Å². The number of ketones is 1. The van der Waals surface area contributed by atoms with Crippen LogP contribution >= 0.6 is 0 Å². The Bertz CT molecular complexity index is 184. The highest BCUT2D eigenvalue weighted by Gasteiger charge is 2.12. The van der Waals surface area contributed by atoms with E-state index in [2.05, 4.69) is 0 Å². The van der Waals surface area contributed by atoms with E-state index >= 15 is 0 Å². The summed E-state index contributed by atoms with van der Waals surface area (Å²) in [5.41, 5.74) is 0. The largest absolute Gasteiger partial charge is 0.490 e. The van der Waals surface area contributed by atoms with Crippen LogP contribution < -0.4 is 0 Å². The first-order valence-electron chi connectivity index (χ1n) is 4.19. The summed E-state index contributed by atoms with van der Waals surface area (Å²) in [6.45, 7) is 1.14. The van der Waals surface area contributed by atoms with Crippen molar-refractivity contribution in [1.82, 2.24) is 0 Å². The third kappa shape index (κ3) is 2.66. The predicted octanol–water partition coefficient (Wildman–Crippen LogP) is 1.29. The van der Waals surface area contributed by atoms with Crippen molar-refractivity contribution in [1.29, 1.82) is 0 Å². The van der Waals surface area contributed by atoms with Crippen molar-refractivity contribution in [3.63, 3.8) is 0 Å². The van der Waals surface area contributed by atoms with Gasteiger partial charge in [-0.25, -0.2) is 0 Å². The smallest absolute Gasteiger partial charge is 0.199 e. The Hall–Kier alpha value is -0.830. The number of methoxy groups -OCH3 is 1. The molecule has 1 heterocycles. The molecule has 0 amide bonds. The average Bonchev–Trinajstić information content (AvgIpc) is 2.15. The maximum absolute atomic E-state index is 11.3. The van der Waals surface area contributed by atoms with Gasteiger partial charge in [0.2, 0.25) is 0 Å². The Morgan fingerprint density at radius 2 is 2.58 bits per heavy atom. The average molecular weight is 170 g/mol. The molecule has 0 aromatic heterocycles. The molecule has 0 saturated carbocycles. The van der Waals surface area contributed by atoms with Crippen molar-refractivity contribution in [2.45, 2.75) is 19.3 Å². The Balaban J connectivity index is 2.35. The summed E-state index contributed by atoms with van der Waals surface area (Å²) in [6.07, 6.45) is 4.25. The fourth-order valence-electron chi connectivity index (χ4n) is 1.07. The lowest BCUT2D eigenvalue weighted by Crippen LogP contribution is -2.12. The Morgan fingerprint density at radius 3 is 3.17 bits per heavy atom. The zero-order valence-corrected chi connectivity index (χ0v) is 7.34. The van der Waals surface area contributed by atoms with Gasteiger partial charge >= 0.3 is 0 Å². The summed E-state index contributed by atoms with van der Waals surface area (Å²) >= 11 is 0. The van der Waals surface area contributed by atoms with Gasteiger partial charge in [-0.05, 0) is 18.9 Å². The maximum atomic E-state index is 11.3. The van der Waals surface area contributed by atoms with Crippen LogP contribution in [0.1, 0.15) is 19.3 Å². The lowest BCUT2D eigenvalue weighted by atomic mass is 10.1. The zero-order chi connectivity index (χ0) is 8.81. The minimum absolute atomic E-state index is 0.0524. The van der Waals surface area contributed by atoms with E-state index in [0.717, 1.165) is 12.8 Å². The van der Waals surface area contributed by atoms with Gasteiger partial charge in [0.15, 0.2) is 11.5 Å². The number of ether oxygens (including phenoxy) is 2. The van der Waals surface area contributed by atoms with E-state index in [1.807, 2.05) is 6.08 Å². The molecule has 0 aromatic rings. The fraction of sp³-hybridized carbons (Fsp3) is 0.667. The Morgan fingerprint density at radius 1 is 1.75 bits per heavy atom. The minimum atomic E-state index is 0.0524. The van der Waals surface area contributed by atoms with Gasteiger partial charge in [-0.15, -0.1) is 0 Å². The first-order chi connectivity index (χ1) is 5.84. The first kappa shape index (κ1) is 9.26. The van der Waals surface area contributed by atoms with Gasteiger partial charge in [0, 0.05) is 13.5 Å². The third-order valence-electron chi connectivity index (χ3n) is 1.74. The highest BCUT2D eigenvalue weighted by atomic mass is 16.5. The molecule has 1 rings (SSSR count). The quantitative estimate of drug-likeness (QED) is 0.637. The molecule has 3 nitrogen and oxygen atoms in total. The molecule has 0 fully saturated rings. The molecule has 0 atom stereocenters. The summed E-state index contributed by atoms with van der Waals surface area (Å²) in [7, 11) is 1.59. The van der Waals surface area contributed by atoms with Crippen LogP contribution in [0.2, 0.25) is 0 Å². The number of hydrogen-bond acceptors (Lipinski definition) is 3. The molecule has 0 unspecified atom stereocenters. The van der Waals surface area contributed by atoms with E-state index in [4.69, 9.17) is 9.47 Å². The number of hydrogen-bond donors (Lipinski definition) is 0. The topological polar surface area (TPSA) is 35.5 Å². The van der Waals surface area contributed by atoms with E-state index < -0.39 is 0 Å². The highest BCUT2D eigenvalue weighted by Crippen LogP contribution is 2.11. The van der Waals surface area contributed by atoms with E-state index in [0.29, 0.717) is 25.4 Å². The van der Waals surface area contributed by atoms with Crippen LogP contribution in [0.5, 0.6) is 0 Å². The van der Waals surface area contributed by atoms with Gasteiger partial charge in [0.05, 0.1) is 13.2 Å². The van der Waals surface area contributed by atoms with Gasteiger partial charge < -0.3 is 9.47 Å². The molecule has 0 saturated heterocycles. The van der Waals surface area contributed by atoms with Crippen LogP contribution in [-0.2, 0) is 14.3 Å². The molecule has 3 heteroatoms. The van der Waals surface area contributed by atoms with Crippen molar-refractivity contribution < 1.29 is 14.3 Å². The lowest BCUT2D eigenvalue weighted by Gasteiger charge is -2.13. The molecular weight excluding hydrogens is 156 g/mol. The Labute approximate surface area is 72.4 Å². The van der Waals surface area contributed by atoms with Crippen LogP contribution in [0.4, 0.5) is 0 Å². The maximum Gasteiger partial charge on any atom is 0.199 e. The third-order valence-corrected chi connectivity index (χ3v) is 1.74. The summed E-state index contributed by atoms with van der Waals surface area (Å²) in [6, 6.07) is 0. The molecular formula is C9H14O3. The highest BCUT2D eigenvalue weighted by molar-refractivity contribution is 5.93. The number of Topliss-reactive ketones (excluding diaryl/α,β-unsaturated/α-hetero) is 1. The number of allylic oxidation sites excluding steroid dienone is 2. The second-order valence-electron chi connectivity index (χ2n) is 2.73. The molecule has 0 bridgehead atoms. The second kappa shape index (κ2) is 4.93. The number of carbonyl (C=O) groups excluding carboxylic acids is 1. The van der Waals surface area contributed by atoms with Crippen LogP contribution in [0, 0.1) is 0 Å². The van der Waals surface area contributed by atoms with Crippen LogP contribution in [0.15, 0.2) is 11.8 Å². The normalized spacial score (nSPS) is 16.6. The molecule has 0 spiro atoms. The summed E-state index contributed by atoms with van der Waals surface area (Å²) in [5.74, 6) is 0.579. The second-order valence-corrected chi connectivity index (χ2v) is 2.73. The van der Waals surface area contributed by atoms with Crippen LogP contribution in [0.3, 0.4) is 0 Å². The fourth-order valence-corrected chi connectivity index (χ4v) is 1.07. The van der Waals surface area contributed by atoms with Crippen molar-refractivity contribution >= 4 is 5.78 Å². The van der Waals surface area contributed by atoms with Gasteiger partial charge in [0.25, 0.3) is 0 Å². The molecule has 0 radical (unpaired) electrons. The van der Waals surface area contributed by atoms with Crippen molar-refractivity contribution in [3.05, 3.63) is 11.8 Å². The first-order valence-corrected chi connectivity index (χ1v) is 4.19. The van der Waals surface area contributed by atoms with Crippen LogP contribution in [-0.4, -0.2) is 26.1 Å². The summed E-state index contributed by atoms with van der Waals surface area (Å²) in [4.78, 5) is 11.3. The molecule has 12 heavy (non-hydrogen) atoms. The Kier molecular flexibility index (Phi) is 3.80. The molecule has 0 aromatic carbocycles. The van der Waals surface area contributed by atoms with Crippen molar-refractivity contribution in [2.24, 2.45) is 0 Å². The number of carbonyl (C=O) groups is 1. The van der Waals surface area contributed by atoms with E-state index in [9.17, 15) is 4.79 Å². The van der Waals surface area contributed by atoms with E-state index in [1.54, 1.807) is 7.11 Å². The summed E-state index contributed by atoms with van der Waals surface area (Å²) < 4.78 is 9.99. The molecule has 1 aliphatic rings. The minimum Gasteiger partial charge on any atom is -0.490 e. The molecule has 0 aliphatic carbocycles. The van der Waals surface area contributed by atoms with E-state index in [1.165, 1.54) is 0 Å². The molecule has 0 N–H and O–H groups in total. The van der Waals surface area contributed by atoms with Crippen molar-refractivity contribution in [3.8, 4) is 0 Å². The lowest BCUT2D eigenvalue weighted by molar-refractivity contribution is -0.120. The molecule has 68 valence electrons. The summed E-state index contributed by atoms with van der Waals surface area (Å²) in [5, 5.41) is 0. The monoisotopic (exact) mass is 170 g/mol. The van der Waals surface area contributed by atoms with Crippen molar-refractivity contribution in [2.75, 3.05) is 20.3 Å². The standard InChI is InChI=1S/C9H14O3/c1-11-7-5-8(10)9-4-2-3-6-12-9/h4H,2-3,5-7H2,1H3. The van der Waals surface area contributed by atoms with Gasteiger partial charge in [-0.3, -0.25) is 4.79 Å². The predicted molar refractivity (Wildman–Crippen MR) is 44.8 cm³/mol. The van der Waals surface area contributed by atoms with Crippen LogP contribution in [0.25, 0.3) is 0 Å².